The number of hydrogen-bond donors (Lipinski definition) is 1. The van der Waals surface area contributed by atoms with E-state index in [0.29, 0.717) is 5.69 Å². The van der Waals surface area contributed by atoms with E-state index in [2.05, 4.69) is 0 Å². The third-order valence-electron chi connectivity index (χ3n) is 1.33. The predicted molar refractivity (Wildman–Crippen MR) is 43.1 cm³/mol. The molecule has 0 aliphatic carbocycles. The van der Waals surface area contributed by atoms with Gasteiger partial charge in [-0.3, -0.25) is 0 Å². The molecule has 0 bridgehead atoms. The van der Waals surface area contributed by atoms with Crippen molar-refractivity contribution >= 4 is 23.7 Å². The lowest BCUT2D eigenvalue weighted by molar-refractivity contribution is 0.0273. The normalized spacial score (nSPS) is 16.2. The Bertz CT molecular complexity index is 265. The SMILES string of the molecule is Nc1ccccc1N1OSO1. The molecule has 1 fully saturated rings. The Kier molecular flexibility index (Phi) is 1.61. The fraction of sp³-hybridized carbons (Fsp3) is 0. The predicted octanol–water partition coefficient (Wildman–Crippen LogP) is 1.52. The monoisotopic (exact) mass is 170 g/mol. The van der Waals surface area contributed by atoms with Gasteiger partial charge in [0.25, 0.3) is 0 Å². The molecule has 1 heterocycles. The second-order valence-electron chi connectivity index (χ2n) is 2.03. The lowest BCUT2D eigenvalue weighted by atomic mass is 10.3. The molecule has 0 saturated carbocycles. The molecule has 0 radical (unpaired) electrons. The minimum Gasteiger partial charge on any atom is -0.397 e. The summed E-state index contributed by atoms with van der Waals surface area (Å²) < 4.78 is 9.69. The molecule has 1 aliphatic heterocycles. The summed E-state index contributed by atoms with van der Waals surface area (Å²) in [5.74, 6) is 0. The van der Waals surface area contributed by atoms with Crippen molar-refractivity contribution in [3.8, 4) is 0 Å². The molecule has 0 unspecified atom stereocenters. The van der Waals surface area contributed by atoms with Crippen LogP contribution in [-0.2, 0) is 8.57 Å². The van der Waals surface area contributed by atoms with Gasteiger partial charge in [-0.1, -0.05) is 17.4 Å². The first-order valence-electron chi connectivity index (χ1n) is 3.04. The summed E-state index contributed by atoms with van der Waals surface area (Å²) in [4.78, 5) is 0. The molecular formula is C6H6N2O2S. The summed E-state index contributed by atoms with van der Waals surface area (Å²) in [6.45, 7) is 0. The summed E-state index contributed by atoms with van der Waals surface area (Å²) in [7, 11) is 0. The summed E-state index contributed by atoms with van der Waals surface area (Å²) in [5, 5.41) is 1.26. The van der Waals surface area contributed by atoms with Gasteiger partial charge in [0.05, 0.1) is 5.69 Å². The van der Waals surface area contributed by atoms with Crippen molar-refractivity contribution in [2.24, 2.45) is 0 Å². The van der Waals surface area contributed by atoms with Crippen LogP contribution < -0.4 is 11.0 Å². The molecule has 1 saturated heterocycles. The lowest BCUT2D eigenvalue weighted by Gasteiger charge is -2.26. The highest BCUT2D eigenvalue weighted by Gasteiger charge is 2.21. The van der Waals surface area contributed by atoms with E-state index in [0.717, 1.165) is 18.0 Å². The molecule has 5 heteroatoms. The molecule has 0 aromatic heterocycles. The molecule has 0 amide bonds. The first-order chi connectivity index (χ1) is 5.38. The van der Waals surface area contributed by atoms with Crippen LogP contribution in [0, 0.1) is 0 Å². The van der Waals surface area contributed by atoms with Crippen molar-refractivity contribution in [3.05, 3.63) is 24.3 Å². The molecule has 4 nitrogen and oxygen atoms in total. The zero-order chi connectivity index (χ0) is 7.68. The zero-order valence-electron chi connectivity index (χ0n) is 5.56. The number of nitrogens with zero attached hydrogens (tertiary/aromatic N) is 1. The van der Waals surface area contributed by atoms with E-state index in [1.165, 1.54) is 5.23 Å². The number of nitrogens with two attached hydrogens (primary N) is 1. The van der Waals surface area contributed by atoms with Gasteiger partial charge in [-0.2, -0.15) is 0 Å². The van der Waals surface area contributed by atoms with Crippen LogP contribution in [0.15, 0.2) is 24.3 Å². The minimum atomic E-state index is 0.632. The van der Waals surface area contributed by atoms with E-state index < -0.39 is 0 Å². The van der Waals surface area contributed by atoms with Gasteiger partial charge in [0.1, 0.15) is 5.69 Å². The molecule has 2 N–H and O–H groups in total. The quantitative estimate of drug-likeness (QED) is 0.511. The fourth-order valence-electron chi connectivity index (χ4n) is 0.795. The third-order valence-corrected chi connectivity index (χ3v) is 1.72. The van der Waals surface area contributed by atoms with Crippen LogP contribution in [0.2, 0.25) is 0 Å². The number of benzene rings is 1. The second kappa shape index (κ2) is 2.61. The fourth-order valence-corrected chi connectivity index (χ4v) is 1.08. The smallest absolute Gasteiger partial charge is 0.217 e. The van der Waals surface area contributed by atoms with Crippen molar-refractivity contribution < 1.29 is 8.57 Å². The van der Waals surface area contributed by atoms with Crippen molar-refractivity contribution in [1.82, 2.24) is 0 Å². The Morgan fingerprint density at radius 2 is 2.00 bits per heavy atom. The average molecular weight is 170 g/mol. The van der Waals surface area contributed by atoms with Gasteiger partial charge in [0.15, 0.2) is 0 Å². The maximum absolute atomic E-state index is 5.62. The van der Waals surface area contributed by atoms with Crippen LogP contribution >= 0.6 is 12.3 Å². The molecule has 0 atom stereocenters. The number of para-hydroxylation sites is 2. The topological polar surface area (TPSA) is 47.7 Å². The van der Waals surface area contributed by atoms with E-state index in [1.807, 2.05) is 18.2 Å². The van der Waals surface area contributed by atoms with Gasteiger partial charge >= 0.3 is 0 Å². The van der Waals surface area contributed by atoms with E-state index in [4.69, 9.17) is 14.3 Å². The lowest BCUT2D eigenvalue weighted by Crippen LogP contribution is -2.27. The maximum Gasteiger partial charge on any atom is 0.217 e. The van der Waals surface area contributed by atoms with E-state index in [1.54, 1.807) is 6.07 Å². The van der Waals surface area contributed by atoms with E-state index in [9.17, 15) is 0 Å². The van der Waals surface area contributed by atoms with Gasteiger partial charge in [-0.05, 0) is 12.1 Å². The Morgan fingerprint density at radius 3 is 2.55 bits per heavy atom. The van der Waals surface area contributed by atoms with Gasteiger partial charge in [-0.25, -0.2) is 0 Å². The van der Waals surface area contributed by atoms with Gasteiger partial charge in [0, 0.05) is 0 Å². The van der Waals surface area contributed by atoms with Crippen molar-refractivity contribution in [2.45, 2.75) is 0 Å². The molecule has 1 aliphatic rings. The molecule has 11 heavy (non-hydrogen) atoms. The first-order valence-corrected chi connectivity index (χ1v) is 3.70. The van der Waals surface area contributed by atoms with Crippen LogP contribution in [0.5, 0.6) is 0 Å². The maximum atomic E-state index is 5.62. The largest absolute Gasteiger partial charge is 0.397 e. The highest BCUT2D eigenvalue weighted by Crippen LogP contribution is 2.33. The minimum absolute atomic E-state index is 0.632. The Morgan fingerprint density at radius 1 is 1.27 bits per heavy atom. The number of hydrogen-bond acceptors (Lipinski definition) is 5. The highest BCUT2D eigenvalue weighted by molar-refractivity contribution is 7.90. The summed E-state index contributed by atoms with van der Waals surface area (Å²) in [5.41, 5.74) is 6.98. The van der Waals surface area contributed by atoms with Crippen LogP contribution in [0.3, 0.4) is 0 Å². The Hall–Kier alpha value is -0.910. The van der Waals surface area contributed by atoms with Crippen molar-refractivity contribution in [1.29, 1.82) is 0 Å². The molecule has 1 aromatic carbocycles. The van der Waals surface area contributed by atoms with Crippen LogP contribution in [-0.4, -0.2) is 0 Å². The zero-order valence-corrected chi connectivity index (χ0v) is 6.38. The Labute approximate surface area is 68.2 Å². The standard InChI is InChI=1S/C6H6N2O2S/c7-5-3-1-2-4-6(5)8-9-11-10-8/h1-4H,7H2. The average Bonchev–Trinajstić information content (AvgIpc) is 1.90. The van der Waals surface area contributed by atoms with Crippen LogP contribution in [0.1, 0.15) is 0 Å². The molecular weight excluding hydrogens is 164 g/mol. The van der Waals surface area contributed by atoms with Crippen molar-refractivity contribution in [2.75, 3.05) is 11.0 Å². The summed E-state index contributed by atoms with van der Waals surface area (Å²) in [6, 6.07) is 7.31. The second-order valence-corrected chi connectivity index (χ2v) is 2.47. The van der Waals surface area contributed by atoms with E-state index in [-0.39, 0.29) is 0 Å². The van der Waals surface area contributed by atoms with Gasteiger partial charge in [-0.15, -0.1) is 8.57 Å². The van der Waals surface area contributed by atoms with Gasteiger partial charge in [0.2, 0.25) is 12.3 Å². The Balaban J connectivity index is 2.28. The third kappa shape index (κ3) is 1.13. The summed E-state index contributed by atoms with van der Waals surface area (Å²) in [6.07, 6.45) is 0. The van der Waals surface area contributed by atoms with E-state index >= 15 is 0 Å². The number of rotatable bonds is 1. The van der Waals surface area contributed by atoms with Gasteiger partial charge < -0.3 is 5.73 Å². The number of nitrogen functional groups attached to an aromatic ring is 1. The summed E-state index contributed by atoms with van der Waals surface area (Å²) >= 11 is 0.919. The molecule has 58 valence electrons. The molecule has 0 spiro atoms. The molecule has 2 rings (SSSR count). The highest BCUT2D eigenvalue weighted by atomic mass is 32.2. The first kappa shape index (κ1) is 6.78. The van der Waals surface area contributed by atoms with Crippen molar-refractivity contribution in [3.63, 3.8) is 0 Å². The van der Waals surface area contributed by atoms with Crippen LogP contribution in [0.25, 0.3) is 0 Å². The molecule has 1 aromatic rings. The van der Waals surface area contributed by atoms with Crippen LogP contribution in [0.4, 0.5) is 11.4 Å². The number of anilines is 2.